The Morgan fingerprint density at radius 3 is 1.64 bits per heavy atom. The van der Waals surface area contributed by atoms with E-state index < -0.39 is 0 Å². The molecule has 11 aromatic rings. The largest absolute Gasteiger partial charge is 0.296 e. The zero-order valence-electron chi connectivity index (χ0n) is 29.3. The van der Waals surface area contributed by atoms with Crippen molar-refractivity contribution in [3.05, 3.63) is 182 Å². The van der Waals surface area contributed by atoms with Gasteiger partial charge in [-0.05, 0) is 111 Å². The number of rotatable bonds is 4. The molecule has 0 saturated heterocycles. The molecule has 0 amide bonds. The van der Waals surface area contributed by atoms with Crippen molar-refractivity contribution in [3.8, 4) is 27.9 Å². The van der Waals surface area contributed by atoms with Gasteiger partial charge in [-0.25, -0.2) is 4.98 Å². The van der Waals surface area contributed by atoms with E-state index in [0.717, 1.165) is 29.0 Å². The van der Waals surface area contributed by atoms with E-state index in [4.69, 9.17) is 4.98 Å². The van der Waals surface area contributed by atoms with Gasteiger partial charge in [0.15, 0.2) is 0 Å². The van der Waals surface area contributed by atoms with Crippen molar-refractivity contribution in [1.29, 1.82) is 0 Å². The summed E-state index contributed by atoms with van der Waals surface area (Å²) >= 11 is 0. The van der Waals surface area contributed by atoms with Gasteiger partial charge in [0.2, 0.25) is 0 Å². The van der Waals surface area contributed by atoms with Crippen molar-refractivity contribution >= 4 is 75.7 Å². The molecule has 0 bridgehead atoms. The lowest BCUT2D eigenvalue weighted by Gasteiger charge is -2.17. The molecule has 248 valence electrons. The van der Waals surface area contributed by atoms with Crippen molar-refractivity contribution in [2.75, 3.05) is 0 Å². The van der Waals surface area contributed by atoms with Crippen LogP contribution in [-0.2, 0) is 6.42 Å². The fraction of sp³-hybridized carbons (Fsp3) is 0.0392. The highest BCUT2D eigenvalue weighted by atomic mass is 15.1. The van der Waals surface area contributed by atoms with Gasteiger partial charge in [-0.2, -0.15) is 0 Å². The number of hydrogen-bond donors (Lipinski definition) is 0. The fourth-order valence-corrected chi connectivity index (χ4v) is 9.01. The van der Waals surface area contributed by atoms with Crippen LogP contribution in [0.15, 0.2) is 176 Å². The molecule has 0 aliphatic rings. The molecule has 0 aliphatic carbocycles. The summed E-state index contributed by atoms with van der Waals surface area (Å²) < 4.78 is 2.29. The van der Waals surface area contributed by atoms with Gasteiger partial charge < -0.3 is 0 Å². The molecule has 1 aromatic heterocycles. The van der Waals surface area contributed by atoms with Crippen molar-refractivity contribution < 1.29 is 0 Å². The third kappa shape index (κ3) is 4.42. The second kappa shape index (κ2) is 11.6. The lowest BCUT2D eigenvalue weighted by atomic mass is 9.86. The molecule has 11 rings (SSSR count). The van der Waals surface area contributed by atoms with Crippen LogP contribution in [0, 0.1) is 0 Å². The van der Waals surface area contributed by atoms with Gasteiger partial charge in [0.05, 0.1) is 11.0 Å². The maximum absolute atomic E-state index is 4.92. The number of hydrogen-bond acceptors (Lipinski definition) is 1. The SMILES string of the molecule is CCc1nc2ccccc2n1-c1ccc(-c2ccc(-c3cccc4c5cccc6ccc7cccc(c8ccccc8c34)c7c65)c3ccccc23)cc1. The highest BCUT2D eigenvalue weighted by Gasteiger charge is 2.17. The summed E-state index contributed by atoms with van der Waals surface area (Å²) in [6, 6.07) is 64.9. The minimum atomic E-state index is 0.869. The van der Waals surface area contributed by atoms with Crippen LogP contribution in [-0.4, -0.2) is 9.55 Å². The number of nitrogens with zero attached hydrogens (tertiary/aromatic N) is 2. The monoisotopic (exact) mass is 674 g/mol. The molecule has 10 aromatic carbocycles. The zero-order chi connectivity index (χ0) is 35.0. The van der Waals surface area contributed by atoms with E-state index in [0.29, 0.717) is 0 Å². The van der Waals surface area contributed by atoms with Crippen molar-refractivity contribution in [3.63, 3.8) is 0 Å². The predicted molar refractivity (Wildman–Crippen MR) is 226 cm³/mol. The lowest BCUT2D eigenvalue weighted by molar-refractivity contribution is 0.908. The van der Waals surface area contributed by atoms with E-state index in [-0.39, 0.29) is 0 Å². The van der Waals surface area contributed by atoms with Gasteiger partial charge in [-0.1, -0.05) is 159 Å². The molecule has 0 saturated carbocycles. The number of para-hydroxylation sites is 2. The second-order valence-corrected chi connectivity index (χ2v) is 14.1. The second-order valence-electron chi connectivity index (χ2n) is 14.1. The Hall–Kier alpha value is -6.77. The summed E-state index contributed by atoms with van der Waals surface area (Å²) in [7, 11) is 0. The molecule has 1 heterocycles. The Morgan fingerprint density at radius 2 is 0.925 bits per heavy atom. The Kier molecular flexibility index (Phi) is 6.56. The summed E-state index contributed by atoms with van der Waals surface area (Å²) in [6.45, 7) is 2.17. The van der Waals surface area contributed by atoms with Crippen LogP contribution in [0.2, 0.25) is 0 Å². The van der Waals surface area contributed by atoms with Crippen LogP contribution >= 0.6 is 0 Å². The van der Waals surface area contributed by atoms with Gasteiger partial charge in [0.1, 0.15) is 5.82 Å². The normalized spacial score (nSPS) is 11.9. The summed E-state index contributed by atoms with van der Waals surface area (Å²) in [4.78, 5) is 4.92. The third-order valence-corrected chi connectivity index (χ3v) is 11.3. The van der Waals surface area contributed by atoms with Gasteiger partial charge >= 0.3 is 0 Å². The number of imidazole rings is 1. The van der Waals surface area contributed by atoms with Crippen LogP contribution in [0.1, 0.15) is 12.7 Å². The Bertz CT molecular complexity index is 3260. The van der Waals surface area contributed by atoms with Gasteiger partial charge in [-0.15, -0.1) is 0 Å². The Morgan fingerprint density at radius 1 is 0.396 bits per heavy atom. The molecule has 0 unspecified atom stereocenters. The van der Waals surface area contributed by atoms with E-state index in [2.05, 4.69) is 187 Å². The highest BCUT2D eigenvalue weighted by molar-refractivity contribution is 6.34. The van der Waals surface area contributed by atoms with Crippen LogP contribution in [0.5, 0.6) is 0 Å². The maximum Gasteiger partial charge on any atom is 0.114 e. The Labute approximate surface area is 307 Å². The van der Waals surface area contributed by atoms with Gasteiger partial charge in [-0.3, -0.25) is 4.57 Å². The first kappa shape index (κ1) is 29.9. The first-order valence-corrected chi connectivity index (χ1v) is 18.5. The molecule has 53 heavy (non-hydrogen) atoms. The van der Waals surface area contributed by atoms with Crippen LogP contribution in [0.3, 0.4) is 0 Å². The summed E-state index contributed by atoms with van der Waals surface area (Å²) in [5, 5.41) is 15.3. The smallest absolute Gasteiger partial charge is 0.114 e. The molecule has 0 N–H and O–H groups in total. The van der Waals surface area contributed by atoms with Gasteiger partial charge in [0, 0.05) is 12.1 Å². The van der Waals surface area contributed by atoms with E-state index >= 15 is 0 Å². The van der Waals surface area contributed by atoms with E-state index in [1.165, 1.54) is 86.9 Å². The van der Waals surface area contributed by atoms with Crippen molar-refractivity contribution in [1.82, 2.24) is 9.55 Å². The molecular formula is C51H34N2. The standard InChI is InChI=1S/C51H34N2/c1-2-48-52-46-22-7-8-23-47(46)53(48)35-28-26-32(27-29-35)36-30-31-40(38-15-4-3-14-37(36)38)43-20-11-21-45-44-19-10-13-34-25-24-33-12-9-18-41(49(33)50(34)44)39-16-5-6-17-42(39)51(43)45/h3-31H,2H2,1H3. The molecule has 0 radical (unpaired) electrons. The van der Waals surface area contributed by atoms with Gasteiger partial charge in [0.25, 0.3) is 0 Å². The first-order chi connectivity index (χ1) is 26.3. The minimum absolute atomic E-state index is 0.869. The average Bonchev–Trinajstić information content (AvgIpc) is 3.61. The predicted octanol–water partition coefficient (Wildman–Crippen LogP) is 13.8. The molecular weight excluding hydrogens is 641 g/mol. The summed E-state index contributed by atoms with van der Waals surface area (Å²) in [6.07, 6.45) is 0.869. The number of aromatic nitrogens is 2. The number of benzene rings is 9. The molecule has 2 heteroatoms. The van der Waals surface area contributed by atoms with Crippen molar-refractivity contribution in [2.24, 2.45) is 0 Å². The van der Waals surface area contributed by atoms with Crippen LogP contribution in [0.25, 0.3) is 104 Å². The molecule has 0 aliphatic heterocycles. The molecule has 0 fully saturated rings. The number of fused-ring (bicyclic) bond motifs is 7. The first-order valence-electron chi connectivity index (χ1n) is 18.5. The zero-order valence-corrected chi connectivity index (χ0v) is 29.3. The minimum Gasteiger partial charge on any atom is -0.296 e. The molecule has 0 spiro atoms. The number of aryl methyl sites for hydroxylation is 1. The van der Waals surface area contributed by atoms with Crippen molar-refractivity contribution in [2.45, 2.75) is 13.3 Å². The highest BCUT2D eigenvalue weighted by Crippen LogP contribution is 2.45. The fourth-order valence-electron chi connectivity index (χ4n) is 9.01. The summed E-state index contributed by atoms with van der Waals surface area (Å²) in [5.74, 6) is 1.07. The maximum atomic E-state index is 4.92. The third-order valence-electron chi connectivity index (χ3n) is 11.3. The summed E-state index contributed by atoms with van der Waals surface area (Å²) in [5.41, 5.74) is 8.22. The van der Waals surface area contributed by atoms with E-state index in [1.54, 1.807) is 0 Å². The topological polar surface area (TPSA) is 17.8 Å². The quantitative estimate of drug-likeness (QED) is 0.170. The van der Waals surface area contributed by atoms with E-state index in [1.807, 2.05) is 0 Å². The lowest BCUT2D eigenvalue weighted by Crippen LogP contribution is -1.99. The Balaban J connectivity index is 1.17. The molecule has 0 atom stereocenters. The van der Waals surface area contributed by atoms with E-state index in [9.17, 15) is 0 Å². The molecule has 2 nitrogen and oxygen atoms in total. The average molecular weight is 675 g/mol. The van der Waals surface area contributed by atoms with Crippen LogP contribution in [0.4, 0.5) is 0 Å². The van der Waals surface area contributed by atoms with Crippen LogP contribution < -0.4 is 0 Å².